The fraction of sp³-hybridized carbons (Fsp3) is 0.478. The van der Waals surface area contributed by atoms with Gasteiger partial charge in [0.15, 0.2) is 0 Å². The molecule has 2 rings (SSSR count). The Kier molecular flexibility index (Phi) is 9.71. The predicted octanol–water partition coefficient (Wildman–Crippen LogP) is 5.88. The first-order valence-electron chi connectivity index (χ1n) is 10.1. The second-order valence-electron chi connectivity index (χ2n) is 6.93. The number of ether oxygens (including phenoxy) is 2. The highest BCUT2D eigenvalue weighted by Crippen LogP contribution is 2.24. The van der Waals surface area contributed by atoms with Crippen LogP contribution >= 0.6 is 11.3 Å². The lowest BCUT2D eigenvalue weighted by atomic mass is 9.97. The normalized spacial score (nSPS) is 11.8. The number of unbranched alkanes of at least 4 members (excludes halogenated alkanes) is 2. The van der Waals surface area contributed by atoms with E-state index < -0.39 is 0 Å². The second kappa shape index (κ2) is 12.3. The van der Waals surface area contributed by atoms with Gasteiger partial charge in [-0.3, -0.25) is 0 Å². The topological polar surface area (TPSA) is 52.9 Å². The summed E-state index contributed by atoms with van der Waals surface area (Å²) in [6, 6.07) is 4.29. The molecule has 0 aliphatic rings. The average Bonchev–Trinajstić information content (AvgIpc) is 3.16. The molecule has 0 aliphatic heterocycles. The number of allylic oxidation sites excluding steroid dienone is 1. The number of rotatable bonds is 12. The summed E-state index contributed by atoms with van der Waals surface area (Å²) < 4.78 is 11.5. The molecular weight excluding hydrogens is 384 g/mol. The van der Waals surface area contributed by atoms with Gasteiger partial charge in [-0.2, -0.15) is 0 Å². The Bertz CT molecular complexity index is 804. The SMILES string of the molecule is C/C=C/COc1cc(C)c(CCCCCOc2nc(C(C)=NOC)cs2)c(C)c1. The Morgan fingerprint density at radius 3 is 2.59 bits per heavy atom. The molecule has 1 heterocycles. The van der Waals surface area contributed by atoms with Gasteiger partial charge >= 0.3 is 0 Å². The van der Waals surface area contributed by atoms with Crippen LogP contribution in [0.1, 0.15) is 55.5 Å². The van der Waals surface area contributed by atoms with E-state index in [4.69, 9.17) is 14.3 Å². The molecule has 0 amide bonds. The summed E-state index contributed by atoms with van der Waals surface area (Å²) in [7, 11) is 1.53. The summed E-state index contributed by atoms with van der Waals surface area (Å²) >= 11 is 1.49. The zero-order valence-electron chi connectivity index (χ0n) is 18.2. The minimum Gasteiger partial charge on any atom is -0.490 e. The van der Waals surface area contributed by atoms with Crippen LogP contribution in [0.3, 0.4) is 0 Å². The van der Waals surface area contributed by atoms with Crippen LogP contribution in [-0.2, 0) is 11.3 Å². The van der Waals surface area contributed by atoms with Crippen molar-refractivity contribution in [2.45, 2.75) is 53.4 Å². The first kappa shape index (κ1) is 22.9. The van der Waals surface area contributed by atoms with E-state index in [1.54, 1.807) is 0 Å². The van der Waals surface area contributed by atoms with Gasteiger partial charge in [-0.25, -0.2) is 4.98 Å². The molecule has 158 valence electrons. The van der Waals surface area contributed by atoms with Crippen molar-refractivity contribution in [2.24, 2.45) is 5.16 Å². The van der Waals surface area contributed by atoms with Crippen molar-refractivity contribution >= 4 is 17.0 Å². The molecule has 0 fully saturated rings. The lowest BCUT2D eigenvalue weighted by Crippen LogP contribution is -2.01. The van der Waals surface area contributed by atoms with Gasteiger partial charge < -0.3 is 14.3 Å². The maximum absolute atomic E-state index is 5.77. The second-order valence-corrected chi connectivity index (χ2v) is 7.75. The predicted molar refractivity (Wildman–Crippen MR) is 121 cm³/mol. The Hall–Kier alpha value is -2.34. The van der Waals surface area contributed by atoms with Crippen LogP contribution in [0.25, 0.3) is 0 Å². The van der Waals surface area contributed by atoms with Crippen molar-refractivity contribution in [1.29, 1.82) is 0 Å². The van der Waals surface area contributed by atoms with E-state index in [9.17, 15) is 0 Å². The summed E-state index contributed by atoms with van der Waals surface area (Å²) in [5.74, 6) is 0.948. The van der Waals surface area contributed by atoms with E-state index in [0.29, 0.717) is 18.4 Å². The summed E-state index contributed by atoms with van der Waals surface area (Å²) in [6.45, 7) is 9.51. The van der Waals surface area contributed by atoms with Gasteiger partial charge in [-0.05, 0) is 82.2 Å². The molecule has 0 bridgehead atoms. The molecule has 2 aromatic rings. The average molecular weight is 417 g/mol. The molecule has 0 radical (unpaired) electrons. The number of thiazole rings is 1. The molecule has 29 heavy (non-hydrogen) atoms. The fourth-order valence-corrected chi connectivity index (χ4v) is 3.82. The Balaban J connectivity index is 1.72. The first-order valence-corrected chi connectivity index (χ1v) is 10.9. The fourth-order valence-electron chi connectivity index (χ4n) is 3.09. The number of aryl methyl sites for hydroxylation is 2. The molecule has 0 unspecified atom stereocenters. The summed E-state index contributed by atoms with van der Waals surface area (Å²) in [6.07, 6.45) is 8.39. The minimum atomic E-state index is 0.619. The molecule has 0 saturated heterocycles. The van der Waals surface area contributed by atoms with Crippen LogP contribution in [0, 0.1) is 13.8 Å². The number of benzene rings is 1. The van der Waals surface area contributed by atoms with Gasteiger partial charge in [-0.1, -0.05) is 28.6 Å². The number of nitrogens with zero attached hydrogens (tertiary/aromatic N) is 2. The molecule has 0 spiro atoms. The van der Waals surface area contributed by atoms with Crippen molar-refractivity contribution < 1.29 is 14.3 Å². The van der Waals surface area contributed by atoms with Gasteiger partial charge in [0.05, 0.1) is 6.61 Å². The van der Waals surface area contributed by atoms with E-state index in [1.165, 1.54) is 35.1 Å². The third kappa shape index (κ3) is 7.54. The maximum atomic E-state index is 5.77. The highest BCUT2D eigenvalue weighted by atomic mass is 32.1. The quantitative estimate of drug-likeness (QED) is 0.188. The van der Waals surface area contributed by atoms with Gasteiger partial charge in [0.25, 0.3) is 5.19 Å². The van der Waals surface area contributed by atoms with Crippen LogP contribution in [0.5, 0.6) is 10.9 Å². The van der Waals surface area contributed by atoms with E-state index in [-0.39, 0.29) is 0 Å². The van der Waals surface area contributed by atoms with Gasteiger partial charge in [0.1, 0.15) is 30.9 Å². The van der Waals surface area contributed by atoms with Crippen LogP contribution in [-0.4, -0.2) is 31.0 Å². The lowest BCUT2D eigenvalue weighted by molar-refractivity contribution is 0.213. The zero-order chi connectivity index (χ0) is 21.1. The molecule has 5 nitrogen and oxygen atoms in total. The highest BCUT2D eigenvalue weighted by molar-refractivity contribution is 7.11. The van der Waals surface area contributed by atoms with Crippen LogP contribution < -0.4 is 9.47 Å². The zero-order valence-corrected chi connectivity index (χ0v) is 19.0. The van der Waals surface area contributed by atoms with Crippen molar-refractivity contribution in [3.8, 4) is 10.9 Å². The standard InChI is InChI=1S/C23H32N2O3S/c1-6-7-12-27-20-14-17(2)21(18(3)15-20)11-9-8-10-13-28-23-24-22(16-29-23)19(4)25-26-5/h6-7,14-16H,8-13H2,1-5H3/b7-6+,25-19?. The summed E-state index contributed by atoms with van der Waals surface area (Å²) in [5, 5.41) is 6.51. The highest BCUT2D eigenvalue weighted by Gasteiger charge is 2.08. The molecule has 1 aromatic carbocycles. The molecule has 0 N–H and O–H groups in total. The van der Waals surface area contributed by atoms with E-state index in [1.807, 2.05) is 31.4 Å². The largest absolute Gasteiger partial charge is 0.490 e. The maximum Gasteiger partial charge on any atom is 0.273 e. The van der Waals surface area contributed by atoms with Crippen molar-refractivity contribution in [2.75, 3.05) is 20.3 Å². The minimum absolute atomic E-state index is 0.619. The van der Waals surface area contributed by atoms with Gasteiger partial charge in [-0.15, -0.1) is 0 Å². The number of oxime groups is 1. The van der Waals surface area contributed by atoms with Gasteiger partial charge in [0, 0.05) is 5.38 Å². The van der Waals surface area contributed by atoms with Gasteiger partial charge in [0.2, 0.25) is 0 Å². The van der Waals surface area contributed by atoms with E-state index >= 15 is 0 Å². The molecular formula is C23H32N2O3S. The lowest BCUT2D eigenvalue weighted by Gasteiger charge is -2.13. The van der Waals surface area contributed by atoms with Crippen molar-refractivity contribution in [3.05, 3.63) is 52.0 Å². The molecule has 6 heteroatoms. The number of hydrogen-bond acceptors (Lipinski definition) is 6. The smallest absolute Gasteiger partial charge is 0.273 e. The molecule has 0 saturated carbocycles. The van der Waals surface area contributed by atoms with Crippen molar-refractivity contribution in [1.82, 2.24) is 4.98 Å². The Morgan fingerprint density at radius 2 is 1.90 bits per heavy atom. The monoisotopic (exact) mass is 416 g/mol. The summed E-state index contributed by atoms with van der Waals surface area (Å²) in [4.78, 5) is 9.20. The Labute approximate surface area is 178 Å². The van der Waals surface area contributed by atoms with Crippen molar-refractivity contribution in [3.63, 3.8) is 0 Å². The van der Waals surface area contributed by atoms with Crippen LogP contribution in [0.15, 0.2) is 34.8 Å². The van der Waals surface area contributed by atoms with E-state index in [2.05, 4.69) is 36.1 Å². The third-order valence-electron chi connectivity index (χ3n) is 4.63. The number of hydrogen-bond donors (Lipinski definition) is 0. The third-order valence-corrected chi connectivity index (χ3v) is 5.38. The molecule has 1 aromatic heterocycles. The number of aromatic nitrogens is 1. The van der Waals surface area contributed by atoms with Crippen LogP contribution in [0.4, 0.5) is 0 Å². The Morgan fingerprint density at radius 1 is 1.14 bits per heavy atom. The van der Waals surface area contributed by atoms with Crippen LogP contribution in [0.2, 0.25) is 0 Å². The molecule has 0 atom stereocenters. The summed E-state index contributed by atoms with van der Waals surface area (Å²) in [5.41, 5.74) is 5.60. The first-order chi connectivity index (χ1) is 14.0. The van der Waals surface area contributed by atoms with E-state index in [0.717, 1.165) is 42.8 Å². The molecule has 0 aliphatic carbocycles.